The van der Waals surface area contributed by atoms with Crippen molar-refractivity contribution < 1.29 is 5.11 Å². The quantitative estimate of drug-likeness (QED) is 0.310. The van der Waals surface area contributed by atoms with E-state index in [0.29, 0.717) is 29.9 Å². The molecule has 8 nitrogen and oxygen atoms in total. The van der Waals surface area contributed by atoms with E-state index in [-0.39, 0.29) is 11.5 Å². The number of aromatic nitrogens is 3. The highest BCUT2D eigenvalue weighted by atomic mass is 32.2. The minimum absolute atomic E-state index is 0.0766. The minimum atomic E-state index is -0.0766. The zero-order valence-corrected chi connectivity index (χ0v) is 23.7. The van der Waals surface area contributed by atoms with Gasteiger partial charge < -0.3 is 21.1 Å². The molecule has 208 valence electrons. The lowest BCUT2D eigenvalue weighted by Gasteiger charge is -2.60. The third-order valence-corrected chi connectivity index (χ3v) is 10.6. The first-order valence-corrected chi connectivity index (χ1v) is 15.9. The molecule has 2 aromatic rings. The lowest BCUT2D eigenvalue weighted by atomic mass is 9.48. The molecular weight excluding hydrogens is 506 g/mol. The molecule has 5 aliphatic carbocycles. The molecule has 0 aliphatic heterocycles. The molecule has 4 N–H and O–H groups in total. The van der Waals surface area contributed by atoms with Gasteiger partial charge in [-0.25, -0.2) is 9.97 Å². The summed E-state index contributed by atoms with van der Waals surface area (Å²) >= 11 is 1.62. The molecule has 5 fully saturated rings. The van der Waals surface area contributed by atoms with Crippen LogP contribution in [0.3, 0.4) is 0 Å². The second-order valence-electron chi connectivity index (χ2n) is 12.5. The van der Waals surface area contributed by atoms with E-state index in [2.05, 4.69) is 38.1 Å². The van der Waals surface area contributed by atoms with Crippen LogP contribution in [-0.4, -0.2) is 51.5 Å². The maximum absolute atomic E-state index is 9.85. The van der Waals surface area contributed by atoms with E-state index in [0.717, 1.165) is 73.0 Å². The van der Waals surface area contributed by atoms with Crippen molar-refractivity contribution in [3.63, 3.8) is 0 Å². The summed E-state index contributed by atoms with van der Waals surface area (Å²) < 4.78 is 0. The number of hydrogen-bond donors (Lipinski definition) is 4. The minimum Gasteiger partial charge on any atom is -0.393 e. The third-order valence-electron chi connectivity index (χ3n) is 9.88. The van der Waals surface area contributed by atoms with Gasteiger partial charge in [-0.15, -0.1) is 11.8 Å². The van der Waals surface area contributed by atoms with Gasteiger partial charge in [0.15, 0.2) is 0 Å². The van der Waals surface area contributed by atoms with Crippen LogP contribution in [0.15, 0.2) is 29.6 Å². The fraction of sp³-hybridized carbons (Fsp3) is 0.667. The number of nitrogens with zero attached hydrogens (tertiary/aromatic N) is 4. The summed E-state index contributed by atoms with van der Waals surface area (Å²) in [6.45, 7) is 2.56. The van der Waals surface area contributed by atoms with Gasteiger partial charge in [-0.1, -0.05) is 6.07 Å². The standard InChI is InChI=1S/C30H41N7OS/c1-39-28-21(3-2-8-32-28)16-34-29-35-17-24(14-31)27(37-29)36-18-30-11-20-9-22(12-30)26(23(10-20)13-30)33-15-19-4-6-25(38)7-5-19/h2-3,8,17,19-20,22-23,25-26,33,38H,4-7,9-13,15-16,18H2,1H3,(H2,34,35,36,37). The number of thioether (sulfide) groups is 1. The van der Waals surface area contributed by atoms with E-state index in [1.165, 1.54) is 32.1 Å². The molecule has 0 amide bonds. The highest BCUT2D eigenvalue weighted by molar-refractivity contribution is 7.98. The Balaban J connectivity index is 1.08. The van der Waals surface area contributed by atoms with Crippen molar-refractivity contribution in [3.8, 4) is 6.07 Å². The van der Waals surface area contributed by atoms with Gasteiger partial charge in [-0.3, -0.25) is 0 Å². The molecule has 9 heteroatoms. The van der Waals surface area contributed by atoms with Crippen LogP contribution in [0.25, 0.3) is 0 Å². The Kier molecular flexibility index (Phi) is 7.97. The van der Waals surface area contributed by atoms with Crippen molar-refractivity contribution in [1.82, 2.24) is 20.3 Å². The molecule has 2 heterocycles. The zero-order valence-electron chi connectivity index (χ0n) is 22.9. The van der Waals surface area contributed by atoms with Crippen molar-refractivity contribution >= 4 is 23.5 Å². The monoisotopic (exact) mass is 547 g/mol. The van der Waals surface area contributed by atoms with Gasteiger partial charge in [-0.05, 0) is 106 Å². The normalized spacial score (nSPS) is 33.1. The highest BCUT2D eigenvalue weighted by Gasteiger charge is 2.55. The van der Waals surface area contributed by atoms with Crippen molar-refractivity contribution in [3.05, 3.63) is 35.7 Å². The van der Waals surface area contributed by atoms with Crippen LogP contribution in [0.4, 0.5) is 11.8 Å². The second-order valence-corrected chi connectivity index (χ2v) is 13.3. The molecule has 2 atom stereocenters. The van der Waals surface area contributed by atoms with Gasteiger partial charge >= 0.3 is 0 Å². The van der Waals surface area contributed by atoms with Crippen LogP contribution < -0.4 is 16.0 Å². The summed E-state index contributed by atoms with van der Waals surface area (Å²) in [5.41, 5.74) is 1.89. The van der Waals surface area contributed by atoms with E-state index in [4.69, 9.17) is 4.98 Å². The predicted octanol–water partition coefficient (Wildman–Crippen LogP) is 4.82. The summed E-state index contributed by atoms with van der Waals surface area (Å²) in [5.74, 6) is 4.20. The summed E-state index contributed by atoms with van der Waals surface area (Å²) in [4.78, 5) is 13.5. The second kappa shape index (κ2) is 11.6. The molecule has 2 unspecified atom stereocenters. The average Bonchev–Trinajstić information content (AvgIpc) is 2.95. The SMILES string of the molecule is CSc1ncccc1CNc1ncc(C#N)c(NCC23CC4CC(C2)C(NCC2CCC(O)CC2)C(C4)C3)n1. The molecule has 2 aromatic heterocycles. The lowest BCUT2D eigenvalue weighted by Crippen LogP contribution is -2.60. The molecule has 7 rings (SSSR count). The van der Waals surface area contributed by atoms with E-state index >= 15 is 0 Å². The molecule has 5 saturated carbocycles. The van der Waals surface area contributed by atoms with Crippen LogP contribution in [0.5, 0.6) is 0 Å². The van der Waals surface area contributed by atoms with E-state index < -0.39 is 0 Å². The number of anilines is 2. The fourth-order valence-electron chi connectivity index (χ4n) is 8.27. The van der Waals surface area contributed by atoms with E-state index in [9.17, 15) is 10.4 Å². The van der Waals surface area contributed by atoms with Crippen molar-refractivity contribution in [2.24, 2.45) is 29.1 Å². The smallest absolute Gasteiger partial charge is 0.224 e. The number of aliphatic hydroxyl groups excluding tert-OH is 1. The molecule has 0 aromatic carbocycles. The van der Waals surface area contributed by atoms with E-state index in [1.54, 1.807) is 24.2 Å². The average molecular weight is 548 g/mol. The Morgan fingerprint density at radius 1 is 1.10 bits per heavy atom. The Morgan fingerprint density at radius 2 is 1.90 bits per heavy atom. The number of nitriles is 1. The number of rotatable bonds is 10. The Hall–Kier alpha value is -2.41. The molecule has 5 aliphatic rings. The van der Waals surface area contributed by atoms with Crippen LogP contribution in [0, 0.1) is 40.4 Å². The van der Waals surface area contributed by atoms with E-state index in [1.807, 2.05) is 12.3 Å². The number of hydrogen-bond acceptors (Lipinski definition) is 9. The van der Waals surface area contributed by atoms with Crippen molar-refractivity contribution in [2.45, 2.75) is 81.5 Å². The molecule has 0 saturated heterocycles. The third kappa shape index (κ3) is 5.89. The molecule has 4 bridgehead atoms. The first-order valence-electron chi connectivity index (χ1n) is 14.7. The zero-order chi connectivity index (χ0) is 26.8. The topological polar surface area (TPSA) is 119 Å². The highest BCUT2D eigenvalue weighted by Crippen LogP contribution is 2.60. The predicted molar refractivity (Wildman–Crippen MR) is 154 cm³/mol. The van der Waals surface area contributed by atoms with Crippen LogP contribution in [-0.2, 0) is 6.54 Å². The Morgan fingerprint density at radius 3 is 2.64 bits per heavy atom. The number of aliphatic hydroxyl groups is 1. The molecule has 0 spiro atoms. The summed E-state index contributed by atoms with van der Waals surface area (Å²) in [7, 11) is 0. The van der Waals surface area contributed by atoms with Crippen LogP contribution in [0.2, 0.25) is 0 Å². The van der Waals surface area contributed by atoms with Gasteiger partial charge in [0, 0.05) is 30.9 Å². The van der Waals surface area contributed by atoms with Gasteiger partial charge in [0.05, 0.1) is 12.3 Å². The fourth-order valence-corrected chi connectivity index (χ4v) is 8.83. The number of nitrogens with one attached hydrogen (secondary N) is 3. The first-order chi connectivity index (χ1) is 19.0. The van der Waals surface area contributed by atoms with Gasteiger partial charge in [0.2, 0.25) is 5.95 Å². The maximum Gasteiger partial charge on any atom is 0.224 e. The Bertz CT molecular complexity index is 1180. The molecule has 0 radical (unpaired) electrons. The first kappa shape index (κ1) is 26.8. The number of pyridine rings is 1. The van der Waals surface area contributed by atoms with Gasteiger partial charge in [-0.2, -0.15) is 10.2 Å². The summed E-state index contributed by atoms with van der Waals surface area (Å²) in [5, 5.41) is 31.5. The van der Waals surface area contributed by atoms with Crippen molar-refractivity contribution in [1.29, 1.82) is 5.26 Å². The van der Waals surface area contributed by atoms with Gasteiger partial charge in [0.1, 0.15) is 22.5 Å². The van der Waals surface area contributed by atoms with Crippen LogP contribution in [0.1, 0.15) is 68.9 Å². The van der Waals surface area contributed by atoms with Crippen molar-refractivity contribution in [2.75, 3.05) is 30.0 Å². The Labute approximate surface area is 236 Å². The summed E-state index contributed by atoms with van der Waals surface area (Å²) in [6, 6.07) is 6.92. The van der Waals surface area contributed by atoms with Gasteiger partial charge in [0.25, 0.3) is 0 Å². The molecule has 39 heavy (non-hydrogen) atoms. The largest absolute Gasteiger partial charge is 0.393 e. The van der Waals surface area contributed by atoms with Crippen LogP contribution >= 0.6 is 11.8 Å². The summed E-state index contributed by atoms with van der Waals surface area (Å²) in [6.07, 6.45) is 16.1. The molecular formula is C30H41N7OS. The maximum atomic E-state index is 9.85. The lowest BCUT2D eigenvalue weighted by molar-refractivity contribution is -0.0704.